The Morgan fingerprint density at radius 2 is 0.950 bits per heavy atom. The first-order valence-corrected chi connectivity index (χ1v) is 20.0. The highest BCUT2D eigenvalue weighted by molar-refractivity contribution is 6.12. The molecule has 7 heteroatoms. The van der Waals surface area contributed by atoms with Gasteiger partial charge in [0, 0.05) is 32.7 Å². The predicted molar refractivity (Wildman–Crippen MR) is 238 cm³/mol. The maximum absolute atomic E-state index is 13.9. The number of nitriles is 2. The minimum atomic E-state index is -4.60. The zero-order valence-corrected chi connectivity index (χ0v) is 34.2. The molecule has 0 amide bonds. The molecule has 294 valence electrons. The maximum Gasteiger partial charge on any atom is 0.416 e. The molecule has 0 fully saturated rings. The van der Waals surface area contributed by atoms with Crippen molar-refractivity contribution in [1.82, 2.24) is 9.13 Å². The second-order valence-electron chi connectivity index (χ2n) is 17.6. The van der Waals surface area contributed by atoms with E-state index in [0.717, 1.165) is 78.2 Å². The Balaban J connectivity index is 1.40. The molecule has 0 saturated carbocycles. The summed E-state index contributed by atoms with van der Waals surface area (Å²) in [6.07, 6.45) is -4.60. The van der Waals surface area contributed by atoms with Crippen molar-refractivity contribution in [3.63, 3.8) is 0 Å². The van der Waals surface area contributed by atoms with Gasteiger partial charge in [-0.05, 0) is 106 Å². The van der Waals surface area contributed by atoms with Crippen molar-refractivity contribution in [3.8, 4) is 45.8 Å². The van der Waals surface area contributed by atoms with Crippen molar-refractivity contribution < 1.29 is 13.2 Å². The molecule has 0 spiro atoms. The molecule has 9 aromatic rings. The minimum absolute atomic E-state index is 0.0674. The van der Waals surface area contributed by atoms with Crippen molar-refractivity contribution >= 4 is 43.6 Å². The van der Waals surface area contributed by atoms with E-state index in [4.69, 9.17) is 0 Å². The van der Waals surface area contributed by atoms with Gasteiger partial charge >= 0.3 is 6.18 Å². The number of aromatic nitrogens is 2. The van der Waals surface area contributed by atoms with Gasteiger partial charge in [0.1, 0.15) is 0 Å². The zero-order chi connectivity index (χ0) is 42.3. The average molecular weight is 791 g/mol. The molecule has 9 rings (SSSR count). The highest BCUT2D eigenvalue weighted by atomic mass is 19.4. The van der Waals surface area contributed by atoms with E-state index in [2.05, 4.69) is 123 Å². The van der Waals surface area contributed by atoms with Gasteiger partial charge in [0.15, 0.2) is 0 Å². The van der Waals surface area contributed by atoms with Crippen molar-refractivity contribution in [1.29, 1.82) is 10.5 Å². The van der Waals surface area contributed by atoms with Crippen LogP contribution in [0.1, 0.15) is 69.4 Å². The van der Waals surface area contributed by atoms with Crippen LogP contribution in [-0.2, 0) is 17.0 Å². The molecule has 0 aliphatic heterocycles. The molecule has 7 aromatic carbocycles. The third kappa shape index (κ3) is 6.30. The van der Waals surface area contributed by atoms with E-state index in [-0.39, 0.29) is 16.4 Å². The van der Waals surface area contributed by atoms with E-state index in [9.17, 15) is 23.7 Å². The standard InChI is InChI=1S/C53H41F3N4/c1-51(2,3)35-18-23-48-43(28-35)39-11-7-9-13-45(39)59(48)47-22-15-32(30-57)25-42(47)41-20-16-33(38-21-17-37(53(54,55)56)26-34(38)31-58)27-50(41)60-46-14-10-8-12-40(46)44-29-36(52(4,5)6)19-24-49(44)60/h7-29H,1-6H3. The fraction of sp³-hybridized carbons (Fsp3) is 0.170. The quantitative estimate of drug-likeness (QED) is 0.178. The van der Waals surface area contributed by atoms with Gasteiger partial charge in [-0.2, -0.15) is 23.7 Å². The molecule has 0 N–H and O–H groups in total. The number of benzene rings is 7. The largest absolute Gasteiger partial charge is 0.416 e. The summed E-state index contributed by atoms with van der Waals surface area (Å²) in [6.45, 7) is 13.2. The fourth-order valence-corrected chi connectivity index (χ4v) is 8.59. The SMILES string of the molecule is CC(C)(C)c1ccc2c(c1)c1ccccc1n2-c1ccc(C#N)cc1-c1ccc(-c2ccc(C(F)(F)F)cc2C#N)cc1-n1c2ccccc2c2cc(C(C)(C)C)ccc21. The highest BCUT2D eigenvalue weighted by Crippen LogP contribution is 2.44. The van der Waals surface area contributed by atoms with Crippen LogP contribution in [0.3, 0.4) is 0 Å². The molecule has 0 unspecified atom stereocenters. The summed E-state index contributed by atoms with van der Waals surface area (Å²) in [5.41, 5.74) is 9.83. The van der Waals surface area contributed by atoms with E-state index >= 15 is 0 Å². The zero-order valence-electron chi connectivity index (χ0n) is 34.2. The lowest BCUT2D eigenvalue weighted by atomic mass is 9.86. The summed E-state index contributed by atoms with van der Waals surface area (Å²) in [5.74, 6) is 0. The van der Waals surface area contributed by atoms with Gasteiger partial charge in [-0.15, -0.1) is 0 Å². The van der Waals surface area contributed by atoms with Crippen LogP contribution in [0, 0.1) is 22.7 Å². The van der Waals surface area contributed by atoms with E-state index in [1.807, 2.05) is 60.7 Å². The fourth-order valence-electron chi connectivity index (χ4n) is 8.59. The third-order valence-corrected chi connectivity index (χ3v) is 11.8. The van der Waals surface area contributed by atoms with Crippen molar-refractivity contribution in [2.24, 2.45) is 0 Å². The number of alkyl halides is 3. The topological polar surface area (TPSA) is 57.4 Å². The molecule has 0 bridgehead atoms. The molecular formula is C53H41F3N4. The summed E-state index contributed by atoms with van der Waals surface area (Å²) in [7, 11) is 0. The van der Waals surface area contributed by atoms with E-state index < -0.39 is 11.7 Å². The van der Waals surface area contributed by atoms with Crippen LogP contribution in [0.5, 0.6) is 0 Å². The van der Waals surface area contributed by atoms with Gasteiger partial charge in [-0.25, -0.2) is 0 Å². The maximum atomic E-state index is 13.9. The van der Waals surface area contributed by atoms with Crippen LogP contribution in [0.2, 0.25) is 0 Å². The number of para-hydroxylation sites is 2. The number of hydrogen-bond donors (Lipinski definition) is 0. The summed E-state index contributed by atoms with van der Waals surface area (Å²) >= 11 is 0. The van der Waals surface area contributed by atoms with Gasteiger partial charge in [0.2, 0.25) is 0 Å². The number of hydrogen-bond acceptors (Lipinski definition) is 2. The van der Waals surface area contributed by atoms with Gasteiger partial charge in [-0.3, -0.25) is 0 Å². The Morgan fingerprint density at radius 1 is 0.433 bits per heavy atom. The summed E-state index contributed by atoms with van der Waals surface area (Å²) in [5, 5.41) is 24.9. The van der Waals surface area contributed by atoms with E-state index in [0.29, 0.717) is 16.7 Å². The molecule has 2 heterocycles. The summed E-state index contributed by atoms with van der Waals surface area (Å²) < 4.78 is 46.1. The predicted octanol–water partition coefficient (Wildman–Crippen LogP) is 14.6. The van der Waals surface area contributed by atoms with Gasteiger partial charge in [0.25, 0.3) is 0 Å². The average Bonchev–Trinajstić information content (AvgIpc) is 3.74. The summed E-state index contributed by atoms with van der Waals surface area (Å²) in [6, 6.07) is 49.0. The van der Waals surface area contributed by atoms with Gasteiger partial charge in [0.05, 0.1) is 62.3 Å². The smallest absolute Gasteiger partial charge is 0.309 e. The first-order valence-electron chi connectivity index (χ1n) is 20.0. The molecule has 2 aromatic heterocycles. The Morgan fingerprint density at radius 3 is 1.48 bits per heavy atom. The van der Waals surface area contributed by atoms with Crippen LogP contribution in [0.4, 0.5) is 13.2 Å². The Labute approximate surface area is 347 Å². The Hall–Kier alpha value is -7.09. The van der Waals surface area contributed by atoms with Gasteiger partial charge in [-0.1, -0.05) is 108 Å². The lowest BCUT2D eigenvalue weighted by molar-refractivity contribution is -0.137. The van der Waals surface area contributed by atoms with E-state index in [1.165, 1.54) is 17.2 Å². The monoisotopic (exact) mass is 790 g/mol. The van der Waals surface area contributed by atoms with Gasteiger partial charge < -0.3 is 9.13 Å². The second-order valence-corrected chi connectivity index (χ2v) is 17.6. The summed E-state index contributed by atoms with van der Waals surface area (Å²) in [4.78, 5) is 0. The molecule has 4 nitrogen and oxygen atoms in total. The first-order chi connectivity index (χ1) is 28.6. The lowest BCUT2D eigenvalue weighted by Gasteiger charge is -2.21. The molecule has 0 radical (unpaired) electrons. The normalized spacial score (nSPS) is 12.4. The van der Waals surface area contributed by atoms with Crippen molar-refractivity contribution in [3.05, 3.63) is 167 Å². The van der Waals surface area contributed by atoms with Crippen LogP contribution in [0.25, 0.3) is 77.2 Å². The number of halogens is 3. The molecule has 60 heavy (non-hydrogen) atoms. The molecule has 0 saturated heterocycles. The third-order valence-electron chi connectivity index (χ3n) is 11.8. The minimum Gasteiger partial charge on any atom is -0.309 e. The number of nitrogens with zero attached hydrogens (tertiary/aromatic N) is 4. The van der Waals surface area contributed by atoms with Crippen LogP contribution >= 0.6 is 0 Å². The van der Waals surface area contributed by atoms with Crippen LogP contribution < -0.4 is 0 Å². The van der Waals surface area contributed by atoms with E-state index in [1.54, 1.807) is 0 Å². The molecule has 0 aliphatic carbocycles. The van der Waals surface area contributed by atoms with Crippen molar-refractivity contribution in [2.75, 3.05) is 0 Å². The number of rotatable bonds is 4. The lowest BCUT2D eigenvalue weighted by Crippen LogP contribution is -2.10. The Kier molecular flexibility index (Phi) is 8.81. The van der Waals surface area contributed by atoms with Crippen LogP contribution in [0.15, 0.2) is 140 Å². The molecular weight excluding hydrogens is 750 g/mol. The second kappa shape index (κ2) is 13.8. The molecule has 0 atom stereocenters. The van der Waals surface area contributed by atoms with Crippen molar-refractivity contribution in [2.45, 2.75) is 58.5 Å². The first kappa shape index (κ1) is 38.4. The Bertz CT molecular complexity index is 3300. The molecule has 0 aliphatic rings. The highest BCUT2D eigenvalue weighted by Gasteiger charge is 2.31. The van der Waals surface area contributed by atoms with Crippen LogP contribution in [-0.4, -0.2) is 9.13 Å². The number of fused-ring (bicyclic) bond motifs is 6.